The van der Waals surface area contributed by atoms with Crippen molar-refractivity contribution in [3.05, 3.63) is 16.1 Å². The van der Waals surface area contributed by atoms with Crippen LogP contribution in [-0.4, -0.2) is 23.2 Å². The minimum absolute atomic E-state index is 0.293. The van der Waals surface area contributed by atoms with E-state index < -0.39 is 0 Å². The summed E-state index contributed by atoms with van der Waals surface area (Å²) in [6.45, 7) is 4.20. The SMILES string of the molecule is Cc1ncsc1CNCCCCO. The first-order chi connectivity index (χ1) is 6.34. The molecule has 0 fully saturated rings. The van der Waals surface area contributed by atoms with Crippen LogP contribution in [-0.2, 0) is 6.54 Å². The summed E-state index contributed by atoms with van der Waals surface area (Å²) in [5.74, 6) is 0. The third kappa shape index (κ3) is 3.85. The molecule has 0 bridgehead atoms. The van der Waals surface area contributed by atoms with Gasteiger partial charge in [-0.3, -0.25) is 0 Å². The highest BCUT2D eigenvalue weighted by Crippen LogP contribution is 2.10. The van der Waals surface area contributed by atoms with Crippen LogP contribution in [0.4, 0.5) is 0 Å². The molecule has 0 aliphatic heterocycles. The number of hydrogen-bond acceptors (Lipinski definition) is 4. The maximum absolute atomic E-state index is 8.56. The number of aliphatic hydroxyl groups excluding tert-OH is 1. The van der Waals surface area contributed by atoms with E-state index in [2.05, 4.69) is 10.3 Å². The van der Waals surface area contributed by atoms with E-state index in [0.29, 0.717) is 6.61 Å². The molecule has 0 spiro atoms. The lowest BCUT2D eigenvalue weighted by atomic mass is 10.3. The summed E-state index contributed by atoms with van der Waals surface area (Å²) in [6, 6.07) is 0. The van der Waals surface area contributed by atoms with Gasteiger partial charge in [0, 0.05) is 18.0 Å². The summed E-state index contributed by atoms with van der Waals surface area (Å²) in [5, 5.41) is 11.9. The van der Waals surface area contributed by atoms with Crippen LogP contribution < -0.4 is 5.32 Å². The number of nitrogens with one attached hydrogen (secondary N) is 1. The highest BCUT2D eigenvalue weighted by atomic mass is 32.1. The highest BCUT2D eigenvalue weighted by Gasteiger charge is 1.99. The van der Waals surface area contributed by atoms with Crippen LogP contribution in [0.2, 0.25) is 0 Å². The Balaban J connectivity index is 2.10. The number of aromatic nitrogens is 1. The fraction of sp³-hybridized carbons (Fsp3) is 0.667. The summed E-state index contributed by atoms with van der Waals surface area (Å²) in [4.78, 5) is 5.48. The smallest absolute Gasteiger partial charge is 0.0798 e. The standard InChI is InChI=1S/C9H16N2OS/c1-8-9(13-7-11-8)6-10-4-2-3-5-12/h7,10,12H,2-6H2,1H3. The Hall–Kier alpha value is -0.450. The molecule has 74 valence electrons. The zero-order chi connectivity index (χ0) is 9.52. The van der Waals surface area contributed by atoms with Crippen LogP contribution in [0.1, 0.15) is 23.4 Å². The molecule has 1 aromatic rings. The molecule has 0 aliphatic rings. The average Bonchev–Trinajstić information content (AvgIpc) is 2.52. The molecule has 1 rings (SSSR count). The van der Waals surface area contributed by atoms with Gasteiger partial charge in [0.1, 0.15) is 0 Å². The predicted octanol–water partition coefficient (Wildman–Crippen LogP) is 1.31. The summed E-state index contributed by atoms with van der Waals surface area (Å²) >= 11 is 1.69. The Morgan fingerprint density at radius 3 is 3.00 bits per heavy atom. The maximum Gasteiger partial charge on any atom is 0.0798 e. The van der Waals surface area contributed by atoms with Gasteiger partial charge in [0.2, 0.25) is 0 Å². The largest absolute Gasteiger partial charge is 0.396 e. The third-order valence-electron chi connectivity index (χ3n) is 1.89. The van der Waals surface area contributed by atoms with Crippen LogP contribution >= 0.6 is 11.3 Å². The first kappa shape index (κ1) is 10.6. The van der Waals surface area contributed by atoms with E-state index in [-0.39, 0.29) is 0 Å². The van der Waals surface area contributed by atoms with Gasteiger partial charge >= 0.3 is 0 Å². The maximum atomic E-state index is 8.56. The second-order valence-corrected chi connectivity index (χ2v) is 3.91. The summed E-state index contributed by atoms with van der Waals surface area (Å²) in [6.07, 6.45) is 1.92. The zero-order valence-electron chi connectivity index (χ0n) is 7.92. The van der Waals surface area contributed by atoms with E-state index in [1.807, 2.05) is 12.4 Å². The molecule has 0 saturated carbocycles. The highest BCUT2D eigenvalue weighted by molar-refractivity contribution is 7.09. The molecular weight excluding hydrogens is 184 g/mol. The van der Waals surface area contributed by atoms with Crippen molar-refractivity contribution in [1.82, 2.24) is 10.3 Å². The number of hydrogen-bond donors (Lipinski definition) is 2. The number of aliphatic hydroxyl groups is 1. The quantitative estimate of drug-likeness (QED) is 0.681. The molecule has 2 N–H and O–H groups in total. The van der Waals surface area contributed by atoms with Crippen molar-refractivity contribution < 1.29 is 5.11 Å². The second-order valence-electron chi connectivity index (χ2n) is 2.97. The molecule has 0 saturated heterocycles. The van der Waals surface area contributed by atoms with Gasteiger partial charge in [-0.2, -0.15) is 0 Å². The predicted molar refractivity (Wildman–Crippen MR) is 54.9 cm³/mol. The Bertz CT molecular complexity index is 237. The van der Waals surface area contributed by atoms with Crippen molar-refractivity contribution in [2.45, 2.75) is 26.3 Å². The molecule has 0 aliphatic carbocycles. The molecule has 0 aromatic carbocycles. The lowest BCUT2D eigenvalue weighted by Crippen LogP contribution is -2.14. The molecule has 0 unspecified atom stereocenters. The Morgan fingerprint density at radius 1 is 1.54 bits per heavy atom. The second kappa shape index (κ2) is 6.07. The summed E-state index contributed by atoms with van der Waals surface area (Å²) in [5.41, 5.74) is 3.00. The molecule has 1 heterocycles. The van der Waals surface area contributed by atoms with E-state index in [4.69, 9.17) is 5.11 Å². The lowest BCUT2D eigenvalue weighted by Gasteiger charge is -2.01. The molecule has 0 atom stereocenters. The van der Waals surface area contributed by atoms with E-state index in [1.165, 1.54) is 4.88 Å². The van der Waals surface area contributed by atoms with Crippen LogP contribution in [0, 0.1) is 6.92 Å². The van der Waals surface area contributed by atoms with Gasteiger partial charge in [0.05, 0.1) is 11.2 Å². The van der Waals surface area contributed by atoms with E-state index in [1.54, 1.807) is 11.3 Å². The van der Waals surface area contributed by atoms with Crippen LogP contribution in [0.3, 0.4) is 0 Å². The topological polar surface area (TPSA) is 45.2 Å². The van der Waals surface area contributed by atoms with Gasteiger partial charge in [-0.05, 0) is 26.3 Å². The van der Waals surface area contributed by atoms with Gasteiger partial charge in [-0.25, -0.2) is 4.98 Å². The number of aryl methyl sites for hydroxylation is 1. The van der Waals surface area contributed by atoms with Crippen molar-refractivity contribution >= 4 is 11.3 Å². The van der Waals surface area contributed by atoms with Gasteiger partial charge < -0.3 is 10.4 Å². The monoisotopic (exact) mass is 200 g/mol. The number of nitrogens with zero attached hydrogens (tertiary/aromatic N) is 1. The number of rotatable bonds is 6. The fourth-order valence-corrected chi connectivity index (χ4v) is 1.81. The normalized spacial score (nSPS) is 10.6. The van der Waals surface area contributed by atoms with Gasteiger partial charge in [0.15, 0.2) is 0 Å². The number of unbranched alkanes of at least 4 members (excludes halogenated alkanes) is 1. The van der Waals surface area contributed by atoms with Gasteiger partial charge in [0.25, 0.3) is 0 Å². The Kier molecular flexibility index (Phi) is 4.97. The van der Waals surface area contributed by atoms with Crippen molar-refractivity contribution in [2.75, 3.05) is 13.2 Å². The Labute approximate surface area is 82.8 Å². The van der Waals surface area contributed by atoms with Crippen molar-refractivity contribution in [2.24, 2.45) is 0 Å². The molecule has 4 heteroatoms. The first-order valence-electron chi connectivity index (χ1n) is 4.55. The molecule has 3 nitrogen and oxygen atoms in total. The third-order valence-corrected chi connectivity index (χ3v) is 2.83. The molecule has 0 amide bonds. The molecule has 1 aromatic heterocycles. The van der Waals surface area contributed by atoms with E-state index >= 15 is 0 Å². The van der Waals surface area contributed by atoms with Gasteiger partial charge in [-0.15, -0.1) is 11.3 Å². The first-order valence-corrected chi connectivity index (χ1v) is 5.43. The molecule has 0 radical (unpaired) electrons. The fourth-order valence-electron chi connectivity index (χ4n) is 1.06. The van der Waals surface area contributed by atoms with E-state index in [0.717, 1.165) is 31.6 Å². The minimum Gasteiger partial charge on any atom is -0.396 e. The Morgan fingerprint density at radius 2 is 2.38 bits per heavy atom. The van der Waals surface area contributed by atoms with Crippen molar-refractivity contribution in [3.63, 3.8) is 0 Å². The summed E-state index contributed by atoms with van der Waals surface area (Å²) in [7, 11) is 0. The lowest BCUT2D eigenvalue weighted by molar-refractivity contribution is 0.283. The van der Waals surface area contributed by atoms with Gasteiger partial charge in [-0.1, -0.05) is 0 Å². The van der Waals surface area contributed by atoms with Crippen LogP contribution in [0.15, 0.2) is 5.51 Å². The van der Waals surface area contributed by atoms with E-state index in [9.17, 15) is 0 Å². The average molecular weight is 200 g/mol. The van der Waals surface area contributed by atoms with Crippen molar-refractivity contribution in [3.8, 4) is 0 Å². The minimum atomic E-state index is 0.293. The van der Waals surface area contributed by atoms with Crippen LogP contribution in [0.5, 0.6) is 0 Å². The molecular formula is C9H16N2OS. The number of thiazole rings is 1. The molecule has 13 heavy (non-hydrogen) atoms. The van der Waals surface area contributed by atoms with Crippen molar-refractivity contribution in [1.29, 1.82) is 0 Å². The summed E-state index contributed by atoms with van der Waals surface area (Å²) < 4.78 is 0. The zero-order valence-corrected chi connectivity index (χ0v) is 8.73. The van der Waals surface area contributed by atoms with Crippen LogP contribution in [0.25, 0.3) is 0 Å².